The van der Waals surface area contributed by atoms with Gasteiger partial charge in [0.1, 0.15) is 53.8 Å². The number of carbonyl (C=O) groups excluding carboxylic acids is 7. The zero-order valence-electron chi connectivity index (χ0n) is 77.9. The van der Waals surface area contributed by atoms with E-state index < -0.39 is 102 Å². The van der Waals surface area contributed by atoms with Crippen LogP contribution >= 0.6 is 0 Å². The van der Waals surface area contributed by atoms with E-state index in [1.807, 2.05) is 76.9 Å². The molecule has 132 heavy (non-hydrogen) atoms. The number of alkyl carbamates (subject to hydrolysis) is 1. The smallest absolute Gasteiger partial charge is 0.407 e. The van der Waals surface area contributed by atoms with E-state index >= 15 is 0 Å². The molecule has 12 rings (SSSR count). The first-order valence-electron chi connectivity index (χ1n) is 47.6. The topological polar surface area (TPSA) is 465 Å². The van der Waals surface area contributed by atoms with E-state index in [9.17, 15) is 54.0 Å². The maximum atomic E-state index is 14.6. The van der Waals surface area contributed by atoms with Gasteiger partial charge in [-0.25, -0.2) is 24.2 Å². The molecule has 5 fully saturated rings. The van der Waals surface area contributed by atoms with E-state index in [4.69, 9.17) is 74.1 Å². The van der Waals surface area contributed by atoms with Crippen LogP contribution in [-0.2, 0) is 95.6 Å². The number of cyclic esters (lactones) is 1. The lowest BCUT2D eigenvalue weighted by Gasteiger charge is -2.42. The number of nitrogens with one attached hydrogen (secondary N) is 1. The normalized spacial score (nSPS) is 27.6. The van der Waals surface area contributed by atoms with Gasteiger partial charge in [-0.1, -0.05) is 82.4 Å². The largest absolute Gasteiger partial charge is 0.459 e. The SMILES string of the molecule is CO[C@H]1C[C@@H]2CC[C@@H](C)[C@@](O)(O2)C(=O)C(=O)N2CCCC[C@H]2C(=O)O[C@H]([C@H](N)CC2CCC(OC(=O)NCCOCCOCCOCCOCCOCCOCCC(=O)N3CCC(N4CCC(C(=O)N5CCc6cc(Cn7nc(-c8ccc9oc(N)nc9c8)c8c(N)ncnc87)ccc6C5)CC4)CC3)CC2)C[C@@H](O)[C@H](C)/C=C(\C)[C@@H](O)[C@@H](O)C(=O)[C@H](C)C[C@H](C)/C=C/C=CC=C1C. The number of oxazole rings is 1. The Morgan fingerprint density at radius 2 is 1.39 bits per heavy atom. The van der Waals surface area contributed by atoms with Crippen LogP contribution in [0.1, 0.15) is 174 Å². The van der Waals surface area contributed by atoms with Crippen molar-refractivity contribution >= 4 is 75.3 Å². The van der Waals surface area contributed by atoms with Crippen molar-refractivity contribution in [1.82, 2.24) is 49.6 Å². The van der Waals surface area contributed by atoms with Crippen LogP contribution in [0, 0.1) is 35.5 Å². The number of fused-ring (bicyclic) bond motifs is 6. The molecule has 2 bridgehead atoms. The van der Waals surface area contributed by atoms with Crippen molar-refractivity contribution in [1.29, 1.82) is 0 Å². The third kappa shape index (κ3) is 28.1. The molecule has 35 heteroatoms. The molecule has 0 radical (unpaired) electrons. The van der Waals surface area contributed by atoms with Gasteiger partial charge in [0.05, 0.1) is 116 Å². The van der Waals surface area contributed by atoms with Crippen LogP contribution in [-0.4, -0.2) is 305 Å². The van der Waals surface area contributed by atoms with Crippen LogP contribution in [0.25, 0.3) is 33.4 Å². The molecule has 13 atom stereocenters. The number of hydrogen-bond donors (Lipinski definition) is 8. The van der Waals surface area contributed by atoms with Crippen LogP contribution in [0.15, 0.2) is 94.7 Å². The molecule has 9 heterocycles. The first-order chi connectivity index (χ1) is 63.6. The summed E-state index contributed by atoms with van der Waals surface area (Å²) in [5.74, 6) is -7.57. The van der Waals surface area contributed by atoms with Crippen LogP contribution in [0.5, 0.6) is 0 Å². The second-order valence-corrected chi connectivity index (χ2v) is 36.9. The number of methoxy groups -OCH3 is 1. The highest BCUT2D eigenvalue weighted by atomic mass is 16.6. The number of ketones is 2. The minimum atomic E-state index is -2.49. The zero-order valence-corrected chi connectivity index (χ0v) is 77.9. The molecule has 0 spiro atoms. The van der Waals surface area contributed by atoms with Crippen molar-refractivity contribution in [2.75, 3.05) is 144 Å². The molecule has 2 aromatic carbocycles. The van der Waals surface area contributed by atoms with Crippen molar-refractivity contribution < 1.29 is 106 Å². The van der Waals surface area contributed by atoms with Crippen molar-refractivity contribution in [3.8, 4) is 11.3 Å². The lowest BCUT2D eigenvalue weighted by molar-refractivity contribution is -0.265. The Hall–Kier alpha value is -9.05. The summed E-state index contributed by atoms with van der Waals surface area (Å²) in [5.41, 5.74) is 27.0. The van der Waals surface area contributed by atoms with Crippen LogP contribution < -0.4 is 22.5 Å². The highest BCUT2D eigenvalue weighted by Gasteiger charge is 2.53. The maximum absolute atomic E-state index is 14.6. The summed E-state index contributed by atoms with van der Waals surface area (Å²) in [7, 11) is 1.56. The highest BCUT2D eigenvalue weighted by Crippen LogP contribution is 2.40. The van der Waals surface area contributed by atoms with Crippen LogP contribution in [0.2, 0.25) is 0 Å². The number of amides is 4. The number of allylic oxidation sites excluding steroid dienone is 5. The maximum Gasteiger partial charge on any atom is 0.407 e. The number of nitrogens with two attached hydrogens (primary N) is 3. The molecule has 0 unspecified atom stereocenters. The number of likely N-dealkylation sites (tertiary alicyclic amines) is 2. The fourth-order valence-electron chi connectivity index (χ4n) is 19.3. The Morgan fingerprint density at radius 1 is 0.697 bits per heavy atom. The molecule has 5 aromatic rings. The Labute approximate surface area is 773 Å². The van der Waals surface area contributed by atoms with Gasteiger partial charge in [0.25, 0.3) is 17.7 Å². The van der Waals surface area contributed by atoms with Gasteiger partial charge in [-0.05, 0) is 188 Å². The average Bonchev–Trinajstić information content (AvgIpc) is 1.50. The van der Waals surface area contributed by atoms with Gasteiger partial charge in [0.2, 0.25) is 17.6 Å². The van der Waals surface area contributed by atoms with Gasteiger partial charge in [0.15, 0.2) is 17.0 Å². The third-order valence-corrected chi connectivity index (χ3v) is 27.3. The number of ether oxygens (including phenoxy) is 10. The molecule has 11 N–H and O–H groups in total. The third-order valence-electron chi connectivity index (χ3n) is 27.3. The number of carbonyl (C=O) groups is 7. The molecule has 4 saturated heterocycles. The number of nitrogen functional groups attached to an aromatic ring is 2. The number of piperidine rings is 3. The van der Waals surface area contributed by atoms with E-state index in [1.165, 1.54) is 11.9 Å². The fourth-order valence-corrected chi connectivity index (χ4v) is 19.3. The number of rotatable bonds is 31. The van der Waals surface area contributed by atoms with Gasteiger partial charge in [0, 0.05) is 101 Å². The van der Waals surface area contributed by atoms with E-state index in [1.54, 1.807) is 40.9 Å². The Bertz CT molecular complexity index is 4750. The molecule has 4 amide bonds. The summed E-state index contributed by atoms with van der Waals surface area (Å²) in [6.45, 7) is 19.8. The number of aromatic nitrogens is 5. The van der Waals surface area contributed by atoms with Gasteiger partial charge in [-0.3, -0.25) is 24.0 Å². The number of benzene rings is 2. The van der Waals surface area contributed by atoms with Gasteiger partial charge < -0.3 is 114 Å². The average molecular weight is 1840 g/mol. The zero-order chi connectivity index (χ0) is 94.0. The second kappa shape index (κ2) is 50.0. The lowest BCUT2D eigenvalue weighted by atomic mass is 9.81. The van der Waals surface area contributed by atoms with Gasteiger partial charge in [-0.2, -0.15) is 10.1 Å². The Kier molecular flexibility index (Phi) is 38.6. The minimum absolute atomic E-state index is 0.00376. The number of nitrogens with zero attached hydrogens (tertiary/aromatic N) is 9. The predicted octanol–water partition coefficient (Wildman–Crippen LogP) is 8.06. The summed E-state index contributed by atoms with van der Waals surface area (Å²) in [6.07, 6.45) is 14.4. The van der Waals surface area contributed by atoms with Crippen LogP contribution in [0.3, 0.4) is 0 Å². The van der Waals surface area contributed by atoms with Crippen molar-refractivity contribution in [3.05, 3.63) is 107 Å². The molecule has 35 nitrogen and oxygen atoms in total. The summed E-state index contributed by atoms with van der Waals surface area (Å²) in [5, 5.41) is 54.9. The lowest BCUT2D eigenvalue weighted by Crippen LogP contribution is -2.61. The fraction of sp³-hybridized carbons (Fsp3) is 0.660. The quantitative estimate of drug-likeness (QED) is 0.00899. The number of aliphatic hydroxyl groups is 4. The number of aliphatic hydroxyl groups excluding tert-OH is 3. The van der Waals surface area contributed by atoms with E-state index in [0.29, 0.717) is 216 Å². The van der Waals surface area contributed by atoms with Crippen molar-refractivity contribution in [2.24, 2.45) is 41.2 Å². The summed E-state index contributed by atoms with van der Waals surface area (Å²) < 4.78 is 65.4. The first kappa shape index (κ1) is 102. The first-order valence-corrected chi connectivity index (χ1v) is 47.6. The Balaban J connectivity index is 0.470. The number of Topliss-reactive ketones (excluding diaryl/α,β-unsaturated/α-hetero) is 2. The number of hydrogen-bond acceptors (Lipinski definition) is 30. The molecule has 726 valence electrons. The van der Waals surface area contributed by atoms with E-state index in [0.717, 1.165) is 72.4 Å². The van der Waals surface area contributed by atoms with Gasteiger partial charge >= 0.3 is 12.1 Å². The summed E-state index contributed by atoms with van der Waals surface area (Å²) >= 11 is 0. The molecule has 6 aliphatic heterocycles. The second-order valence-electron chi connectivity index (χ2n) is 36.9. The molecule has 3 aromatic heterocycles. The van der Waals surface area contributed by atoms with Crippen LogP contribution in [0.4, 0.5) is 16.6 Å². The molecule has 1 aliphatic carbocycles. The van der Waals surface area contributed by atoms with Crippen molar-refractivity contribution in [2.45, 2.75) is 243 Å². The van der Waals surface area contributed by atoms with E-state index in [2.05, 4.69) is 43.4 Å². The molecule has 1 saturated carbocycles. The highest BCUT2D eigenvalue weighted by molar-refractivity contribution is 6.39. The molecular formula is C97H141N13O22. The monoisotopic (exact) mass is 1840 g/mol. The van der Waals surface area contributed by atoms with E-state index in [-0.39, 0.29) is 86.2 Å². The van der Waals surface area contributed by atoms with Gasteiger partial charge in [-0.15, -0.1) is 0 Å². The number of anilines is 2. The molecule has 7 aliphatic rings. The Morgan fingerprint density at radius 3 is 2.08 bits per heavy atom. The number of esters is 1. The summed E-state index contributed by atoms with van der Waals surface area (Å²) in [4.78, 5) is 118. The van der Waals surface area contributed by atoms with Crippen molar-refractivity contribution in [3.63, 3.8) is 0 Å². The summed E-state index contributed by atoms with van der Waals surface area (Å²) in [6, 6.07) is 10.4. The minimum Gasteiger partial charge on any atom is -0.459 e. The standard InChI is InChI=1S/C97H141N13O22/c1-61-13-9-8-10-14-62(2)81(122-7)56-75-22-16-66(6)97(121,132-75)89(116)93(118)109-33-12-11-15-78(109)94(119)130-82(57-79(111)63(3)52-65(5)87(114)88(115)86(113)64(4)51-61)76(98)54-67-18-23-74(24-19-67)129-96(120)101-32-40-124-42-44-126-46-48-128-50-49-127-47-45-125-43-41-123-39-31-83(112)107-37-29-73(30-38-107)106-34-26-69(27-35-106)92(117)108-36-28-70-53-68(17-20-72(70)59-108)58-110-91-84(90(99)102-60-103-91)85(105-110)71-21-25-80-77(55-71)104-95(100)131-80/h8-10,13-14,17,20-21,25,52-53,55,60-61,63-64,66-67,69,73-76,78-79,81-82,87-88,111,114-115,121H,11-12,15-16,18-19,22-24,26-51,54,56-59,98H2,1-7H3,(H2,100,104)(H,101,120)(H2,99,102,103)/b10-8?,13-9+,62-14?,65-52+/t61-,63-,64-,66-,67?,74?,75+,76-,78+,79-,81+,82+,87-,88+,97-/m1/s1. The molecular weight excluding hydrogens is 1700 g/mol. The predicted molar refractivity (Wildman–Crippen MR) is 491 cm³/mol.